The van der Waals surface area contributed by atoms with Crippen molar-refractivity contribution in [2.24, 2.45) is 0 Å². The molecule has 1 aliphatic rings. The third-order valence-corrected chi connectivity index (χ3v) is 5.66. The molecule has 21 heavy (non-hydrogen) atoms. The van der Waals surface area contributed by atoms with Gasteiger partial charge in [0.15, 0.2) is 5.30 Å². The topological polar surface area (TPSA) is 42.1 Å². The molecule has 0 bridgehead atoms. The zero-order chi connectivity index (χ0) is 14.3. The smallest absolute Gasteiger partial charge is 1.00 e. The summed E-state index contributed by atoms with van der Waals surface area (Å²) in [5.41, 5.74) is 3.80. The fourth-order valence-electron chi connectivity index (χ4n) is 2.59. The van der Waals surface area contributed by atoms with Gasteiger partial charge in [-0.25, -0.2) is 4.79 Å². The van der Waals surface area contributed by atoms with Crippen LogP contribution in [0.1, 0.15) is 28.5 Å². The molecule has 0 saturated carbocycles. The summed E-state index contributed by atoms with van der Waals surface area (Å²) in [5.74, 6) is 0. The fourth-order valence-corrected chi connectivity index (χ4v) is 4.61. The van der Waals surface area contributed by atoms with E-state index in [1.807, 2.05) is 63.2 Å². The summed E-state index contributed by atoms with van der Waals surface area (Å²) in [5, 5.41) is 0.837. The van der Waals surface area contributed by atoms with Crippen LogP contribution in [-0.4, -0.2) is 5.52 Å². The van der Waals surface area contributed by atoms with Crippen LogP contribution in [0.25, 0.3) is 0 Å². The third-order valence-electron chi connectivity index (χ3n) is 3.48. The van der Waals surface area contributed by atoms with Gasteiger partial charge in [-0.3, -0.25) is 0 Å². The normalized spacial score (nSPS) is 15.2. The second kappa shape index (κ2) is 6.69. The largest absolute Gasteiger partial charge is 1.00 e. The summed E-state index contributed by atoms with van der Waals surface area (Å²) in [6, 6.07) is 13.5. The zero-order valence-electron chi connectivity index (χ0n) is 13.7. The molecule has 0 amide bonds. The molecule has 0 aromatic heterocycles. The number of benzene rings is 2. The molecule has 0 spiro atoms. The second-order valence-corrected chi connectivity index (χ2v) is 7.44. The molecule has 1 saturated heterocycles. The maximum Gasteiger partial charge on any atom is 1.00 e. The quantitative estimate of drug-likeness (QED) is 0.366. The van der Waals surface area contributed by atoms with Gasteiger partial charge in [0.2, 0.25) is 0 Å². The zero-order valence-corrected chi connectivity index (χ0v) is 16.7. The number of carbonyl (C=O) groups is 1. The van der Waals surface area contributed by atoms with Crippen LogP contribution in [-0.2, 0) is 9.35 Å². The van der Waals surface area contributed by atoms with Crippen LogP contribution in [0.2, 0.25) is 0 Å². The minimum absolute atomic E-state index is 0. The van der Waals surface area contributed by atoms with E-state index < -0.39 is 7.72 Å². The monoisotopic (exact) mass is 327 g/mol. The molecule has 0 N–H and O–H groups in total. The van der Waals surface area contributed by atoms with Crippen LogP contribution in [0.5, 0.6) is 0 Å². The van der Waals surface area contributed by atoms with Crippen molar-refractivity contribution in [2.75, 3.05) is 0 Å². The van der Waals surface area contributed by atoms with Crippen molar-refractivity contribution in [3.8, 4) is 0 Å². The Kier molecular flexibility index (Phi) is 5.56. The SMILES string of the molecule is Cc1cc(C)c(C(=O)[P+]2(c3ccccc3)OO2)c(C)c1.[H-].[K+]. The van der Waals surface area contributed by atoms with Crippen LogP contribution in [0.4, 0.5) is 0 Å². The molecule has 0 radical (unpaired) electrons. The van der Waals surface area contributed by atoms with E-state index in [9.17, 15) is 4.79 Å². The summed E-state index contributed by atoms with van der Waals surface area (Å²) >= 11 is 0. The molecule has 5 heteroatoms. The van der Waals surface area contributed by atoms with Gasteiger partial charge in [0.05, 0.1) is 5.56 Å². The van der Waals surface area contributed by atoms with Gasteiger partial charge >= 0.3 is 64.6 Å². The molecule has 3 rings (SSSR count). The van der Waals surface area contributed by atoms with Gasteiger partial charge in [0, 0.05) is 9.35 Å². The first-order chi connectivity index (χ1) is 9.54. The summed E-state index contributed by atoms with van der Waals surface area (Å²) in [7, 11) is -2.57. The predicted octanol–water partition coefficient (Wildman–Crippen LogP) is 1.00. The molecule has 1 aliphatic heterocycles. The molecule has 0 atom stereocenters. The predicted molar refractivity (Wildman–Crippen MR) is 81.3 cm³/mol. The Morgan fingerprint density at radius 1 is 1.00 bits per heavy atom. The molecule has 3 nitrogen and oxygen atoms in total. The van der Waals surface area contributed by atoms with E-state index in [0.717, 1.165) is 27.6 Å². The number of hydrogen-bond donors (Lipinski definition) is 0. The Morgan fingerprint density at radius 2 is 1.52 bits per heavy atom. The minimum atomic E-state index is -2.57. The molecule has 1 fully saturated rings. The van der Waals surface area contributed by atoms with E-state index in [0.29, 0.717) is 0 Å². The van der Waals surface area contributed by atoms with Crippen molar-refractivity contribution < 1.29 is 67.0 Å². The summed E-state index contributed by atoms with van der Waals surface area (Å²) in [6.45, 7) is 5.94. The van der Waals surface area contributed by atoms with Crippen molar-refractivity contribution in [1.29, 1.82) is 0 Å². The van der Waals surface area contributed by atoms with Gasteiger partial charge in [-0.2, -0.15) is 0 Å². The first kappa shape index (κ1) is 17.5. The molecule has 2 aromatic rings. The Labute approximate surface area is 169 Å². The Balaban J connectivity index is 0.00000121. The second-order valence-electron chi connectivity index (χ2n) is 5.11. The van der Waals surface area contributed by atoms with Crippen molar-refractivity contribution in [3.05, 3.63) is 64.7 Å². The fraction of sp³-hybridized carbons (Fsp3) is 0.188. The number of rotatable bonds is 3. The van der Waals surface area contributed by atoms with Crippen molar-refractivity contribution in [2.45, 2.75) is 20.8 Å². The molecule has 1 heterocycles. The number of carbonyl (C=O) groups excluding carboxylic acids is 1. The van der Waals surface area contributed by atoms with Gasteiger partial charge in [0.1, 0.15) is 0 Å². The minimum Gasteiger partial charge on any atom is -1.00 e. The van der Waals surface area contributed by atoms with Crippen molar-refractivity contribution in [3.63, 3.8) is 0 Å². The standard InChI is InChI=1S/C16H16O3P.K.H/c1-11-9-12(2)15(13(3)10-11)16(17)20(18-19-20)14-7-5-4-6-8-14;;/h4-10H,1-3H3;;/q2*+1;-1. The average molecular weight is 327 g/mol. The van der Waals surface area contributed by atoms with E-state index in [1.165, 1.54) is 0 Å². The van der Waals surface area contributed by atoms with Crippen LogP contribution in [0.3, 0.4) is 0 Å². The van der Waals surface area contributed by atoms with Crippen LogP contribution in [0.15, 0.2) is 42.5 Å². The molecule has 2 aromatic carbocycles. The molecular weight excluding hydrogens is 310 g/mol. The Morgan fingerprint density at radius 3 is 2.00 bits per heavy atom. The van der Waals surface area contributed by atoms with E-state index in [2.05, 4.69) is 0 Å². The van der Waals surface area contributed by atoms with Crippen LogP contribution < -0.4 is 56.7 Å². The molecular formula is C16H17KO3P+. The van der Waals surface area contributed by atoms with Gasteiger partial charge in [-0.05, 0) is 44.0 Å². The van der Waals surface area contributed by atoms with Crippen molar-refractivity contribution >= 4 is 18.5 Å². The molecule has 0 aliphatic carbocycles. The van der Waals surface area contributed by atoms with Crippen molar-refractivity contribution in [1.82, 2.24) is 0 Å². The van der Waals surface area contributed by atoms with Gasteiger partial charge < -0.3 is 1.43 Å². The average Bonchev–Trinajstić information content (AvgIpc) is 3.20. The third kappa shape index (κ3) is 3.24. The van der Waals surface area contributed by atoms with E-state index in [4.69, 9.17) is 9.35 Å². The first-order valence-corrected chi connectivity index (χ1v) is 8.12. The van der Waals surface area contributed by atoms with E-state index in [1.54, 1.807) is 0 Å². The van der Waals surface area contributed by atoms with Crippen LogP contribution in [0, 0.1) is 20.8 Å². The van der Waals surface area contributed by atoms with Gasteiger partial charge in [-0.15, -0.1) is 0 Å². The number of hydrogen-bond acceptors (Lipinski definition) is 3. The maximum atomic E-state index is 12.9. The van der Waals surface area contributed by atoms with Crippen LogP contribution >= 0.6 is 7.72 Å². The van der Waals surface area contributed by atoms with Gasteiger partial charge in [-0.1, -0.05) is 35.9 Å². The molecule has 0 unspecified atom stereocenters. The van der Waals surface area contributed by atoms with E-state index >= 15 is 0 Å². The Hall–Kier alpha value is 0.0964. The summed E-state index contributed by atoms with van der Waals surface area (Å²) < 4.78 is 10.4. The summed E-state index contributed by atoms with van der Waals surface area (Å²) in [4.78, 5) is 12.9. The maximum absolute atomic E-state index is 12.9. The number of aryl methyl sites for hydroxylation is 3. The van der Waals surface area contributed by atoms with E-state index in [-0.39, 0.29) is 58.3 Å². The Bertz CT molecular complexity index is 664. The first-order valence-electron chi connectivity index (χ1n) is 6.50. The molecule has 104 valence electrons. The van der Waals surface area contributed by atoms with Gasteiger partial charge in [0.25, 0.3) is 0 Å². The summed E-state index contributed by atoms with van der Waals surface area (Å²) in [6.07, 6.45) is 0.